The monoisotopic (exact) mass is 198 g/mol. The summed E-state index contributed by atoms with van der Waals surface area (Å²) in [5.74, 6) is 0.570. The molecule has 0 unspecified atom stereocenters. The minimum absolute atomic E-state index is 0.287. The lowest BCUT2D eigenvalue weighted by Crippen LogP contribution is -1.82. The Bertz CT molecular complexity index is 491. The molecule has 74 valence electrons. The maximum absolute atomic E-state index is 8.50. The van der Waals surface area contributed by atoms with Crippen LogP contribution in [0.1, 0.15) is 11.3 Å². The van der Waals surface area contributed by atoms with Crippen molar-refractivity contribution in [3.63, 3.8) is 0 Å². The van der Waals surface area contributed by atoms with Crippen LogP contribution in [0.15, 0.2) is 34.9 Å². The summed E-state index contributed by atoms with van der Waals surface area (Å²) in [6.45, 7) is 2.03. The lowest BCUT2D eigenvalue weighted by Gasteiger charge is -1.95. The normalized spacial score (nSPS) is 9.87. The van der Waals surface area contributed by atoms with Gasteiger partial charge in [0.1, 0.15) is 6.26 Å². The summed E-state index contributed by atoms with van der Waals surface area (Å²) in [5.41, 5.74) is 2.81. The van der Waals surface area contributed by atoms with Crippen LogP contribution in [0.3, 0.4) is 0 Å². The van der Waals surface area contributed by atoms with Gasteiger partial charge in [-0.1, -0.05) is 17.7 Å². The zero-order valence-corrected chi connectivity index (χ0v) is 8.40. The lowest BCUT2D eigenvalue weighted by molar-refractivity contribution is 0.573. The molecular weight excluding hydrogens is 188 g/mol. The molecule has 0 bridgehead atoms. The summed E-state index contributed by atoms with van der Waals surface area (Å²) < 4.78 is 5.28. The smallest absolute Gasteiger partial charge is 0.226 e. The summed E-state index contributed by atoms with van der Waals surface area (Å²) in [5, 5.41) is 8.50. The fourth-order valence-corrected chi connectivity index (χ4v) is 1.30. The van der Waals surface area contributed by atoms with Gasteiger partial charge in [0.15, 0.2) is 0 Å². The van der Waals surface area contributed by atoms with E-state index in [0.29, 0.717) is 11.6 Å². The predicted molar refractivity (Wildman–Crippen MR) is 56.0 cm³/mol. The van der Waals surface area contributed by atoms with Gasteiger partial charge >= 0.3 is 0 Å². The van der Waals surface area contributed by atoms with Gasteiger partial charge in [0, 0.05) is 5.56 Å². The highest BCUT2D eigenvalue weighted by atomic mass is 16.3. The minimum Gasteiger partial charge on any atom is -0.444 e. The second-order valence-electron chi connectivity index (χ2n) is 3.34. The van der Waals surface area contributed by atoms with Crippen molar-refractivity contribution in [1.29, 1.82) is 5.26 Å². The molecule has 3 heteroatoms. The fourth-order valence-electron chi connectivity index (χ4n) is 1.30. The van der Waals surface area contributed by atoms with Crippen LogP contribution in [0.4, 0.5) is 0 Å². The van der Waals surface area contributed by atoms with Gasteiger partial charge < -0.3 is 4.42 Å². The zero-order valence-electron chi connectivity index (χ0n) is 8.40. The van der Waals surface area contributed by atoms with Crippen molar-refractivity contribution in [2.75, 3.05) is 0 Å². The largest absolute Gasteiger partial charge is 0.444 e. The Morgan fingerprint density at radius 2 is 2.07 bits per heavy atom. The van der Waals surface area contributed by atoms with E-state index >= 15 is 0 Å². The Morgan fingerprint density at radius 3 is 2.73 bits per heavy atom. The van der Waals surface area contributed by atoms with Crippen LogP contribution >= 0.6 is 0 Å². The van der Waals surface area contributed by atoms with Gasteiger partial charge in [-0.25, -0.2) is 4.98 Å². The van der Waals surface area contributed by atoms with Crippen molar-refractivity contribution < 1.29 is 4.42 Å². The van der Waals surface area contributed by atoms with Crippen molar-refractivity contribution in [3.8, 4) is 17.5 Å². The summed E-state index contributed by atoms with van der Waals surface area (Å²) in [6, 6.07) is 9.95. The van der Waals surface area contributed by atoms with Crippen LogP contribution < -0.4 is 0 Å². The third-order valence-electron chi connectivity index (χ3n) is 2.11. The molecule has 0 saturated heterocycles. The Kier molecular flexibility index (Phi) is 2.51. The molecule has 0 atom stereocenters. The molecule has 1 aromatic carbocycles. The van der Waals surface area contributed by atoms with E-state index in [-0.39, 0.29) is 6.42 Å². The summed E-state index contributed by atoms with van der Waals surface area (Å²) in [4.78, 5) is 4.21. The fraction of sp³-hybridized carbons (Fsp3) is 0.167. The Hall–Kier alpha value is -2.08. The third kappa shape index (κ3) is 2.05. The first-order chi connectivity index (χ1) is 7.29. The number of rotatable bonds is 2. The highest BCUT2D eigenvalue weighted by Gasteiger charge is 2.05. The van der Waals surface area contributed by atoms with E-state index in [2.05, 4.69) is 4.98 Å². The summed E-state index contributed by atoms with van der Waals surface area (Å²) in [7, 11) is 0. The third-order valence-corrected chi connectivity index (χ3v) is 2.11. The van der Waals surface area contributed by atoms with Crippen LogP contribution in [-0.4, -0.2) is 4.98 Å². The average Bonchev–Trinajstić information content (AvgIpc) is 2.68. The van der Waals surface area contributed by atoms with Crippen LogP contribution in [0.2, 0.25) is 0 Å². The first-order valence-corrected chi connectivity index (χ1v) is 4.68. The molecule has 3 nitrogen and oxygen atoms in total. The van der Waals surface area contributed by atoms with Gasteiger partial charge in [0.05, 0.1) is 18.2 Å². The molecule has 1 heterocycles. The number of aromatic nitrogens is 1. The molecule has 0 N–H and O–H groups in total. The van der Waals surface area contributed by atoms with Crippen molar-refractivity contribution in [2.24, 2.45) is 0 Å². The van der Waals surface area contributed by atoms with Crippen LogP contribution in [0.25, 0.3) is 11.5 Å². The van der Waals surface area contributed by atoms with Gasteiger partial charge in [-0.3, -0.25) is 0 Å². The molecule has 0 aliphatic heterocycles. The number of hydrogen-bond donors (Lipinski definition) is 0. The van der Waals surface area contributed by atoms with Gasteiger partial charge in [-0.2, -0.15) is 5.26 Å². The Balaban J connectivity index is 2.30. The highest BCUT2D eigenvalue weighted by Crippen LogP contribution is 2.18. The lowest BCUT2D eigenvalue weighted by atomic mass is 10.1. The number of hydrogen-bond acceptors (Lipinski definition) is 3. The maximum Gasteiger partial charge on any atom is 0.226 e. The van der Waals surface area contributed by atoms with E-state index in [0.717, 1.165) is 5.56 Å². The molecule has 0 aliphatic carbocycles. The van der Waals surface area contributed by atoms with Crippen LogP contribution in [0.5, 0.6) is 0 Å². The molecule has 15 heavy (non-hydrogen) atoms. The standard InChI is InChI=1S/C12H10N2O/c1-9-2-4-10(5-3-9)12-14-11(6-7-13)8-15-12/h2-5,8H,6H2,1H3. The van der Waals surface area contributed by atoms with Crippen molar-refractivity contribution in [3.05, 3.63) is 41.8 Å². The summed E-state index contributed by atoms with van der Waals surface area (Å²) >= 11 is 0. The Labute approximate surface area is 88.0 Å². The highest BCUT2D eigenvalue weighted by molar-refractivity contribution is 5.53. The minimum atomic E-state index is 0.287. The van der Waals surface area contributed by atoms with E-state index in [1.165, 1.54) is 11.8 Å². The second kappa shape index (κ2) is 3.97. The number of nitrogens with zero attached hydrogens (tertiary/aromatic N) is 2. The van der Waals surface area contributed by atoms with Gasteiger partial charge in [0.2, 0.25) is 5.89 Å². The molecular formula is C12H10N2O. The SMILES string of the molecule is Cc1ccc(-c2nc(CC#N)co2)cc1. The van der Waals surface area contributed by atoms with Crippen molar-refractivity contribution >= 4 is 0 Å². The predicted octanol–water partition coefficient (Wildman–Crippen LogP) is 2.72. The molecule has 0 fully saturated rings. The molecule has 0 saturated carbocycles. The van der Waals surface area contributed by atoms with Crippen molar-refractivity contribution in [1.82, 2.24) is 4.98 Å². The molecule has 2 rings (SSSR count). The first-order valence-electron chi connectivity index (χ1n) is 4.68. The quantitative estimate of drug-likeness (QED) is 0.745. The first kappa shape index (κ1) is 9.47. The van der Waals surface area contributed by atoms with Crippen molar-refractivity contribution in [2.45, 2.75) is 13.3 Å². The van der Waals surface area contributed by atoms with Crippen LogP contribution in [0, 0.1) is 18.3 Å². The van der Waals surface area contributed by atoms with Gasteiger partial charge in [-0.05, 0) is 19.1 Å². The molecule has 2 aromatic rings. The maximum atomic E-state index is 8.50. The van der Waals surface area contributed by atoms with Gasteiger partial charge in [0.25, 0.3) is 0 Å². The van der Waals surface area contributed by atoms with E-state index < -0.39 is 0 Å². The number of nitriles is 1. The number of oxazole rings is 1. The van der Waals surface area contributed by atoms with E-state index in [1.54, 1.807) is 0 Å². The molecule has 1 aromatic heterocycles. The molecule has 0 radical (unpaired) electrons. The molecule has 0 aliphatic rings. The molecule has 0 spiro atoms. The Morgan fingerprint density at radius 1 is 1.33 bits per heavy atom. The summed E-state index contributed by atoms with van der Waals surface area (Å²) in [6.07, 6.45) is 1.81. The van der Waals surface area contributed by atoms with E-state index in [4.69, 9.17) is 9.68 Å². The average molecular weight is 198 g/mol. The zero-order chi connectivity index (χ0) is 10.7. The number of benzene rings is 1. The number of aryl methyl sites for hydroxylation is 1. The molecule has 0 amide bonds. The van der Waals surface area contributed by atoms with E-state index in [9.17, 15) is 0 Å². The van der Waals surface area contributed by atoms with Crippen LogP contribution in [-0.2, 0) is 6.42 Å². The topological polar surface area (TPSA) is 49.8 Å². The van der Waals surface area contributed by atoms with Gasteiger partial charge in [-0.15, -0.1) is 0 Å². The van der Waals surface area contributed by atoms with E-state index in [1.807, 2.05) is 37.3 Å². The second-order valence-corrected chi connectivity index (χ2v) is 3.34.